The molecule has 3 aromatic rings. The van der Waals surface area contributed by atoms with E-state index in [2.05, 4.69) is 0 Å². The van der Waals surface area contributed by atoms with E-state index in [1.807, 2.05) is 60.7 Å². The van der Waals surface area contributed by atoms with Crippen LogP contribution in [0, 0.1) is 0 Å². The van der Waals surface area contributed by atoms with E-state index in [-0.39, 0.29) is 12.6 Å². The number of hydrogen-bond donors (Lipinski definition) is 0. The first kappa shape index (κ1) is 19.0. The highest BCUT2D eigenvalue weighted by Gasteiger charge is 2.50. The highest BCUT2D eigenvalue weighted by Crippen LogP contribution is 2.51. The molecular formula is C24H21NO4S. The smallest absolute Gasteiger partial charge is 0.231 e. The Morgan fingerprint density at radius 3 is 2.53 bits per heavy atom. The molecule has 0 saturated heterocycles. The van der Waals surface area contributed by atoms with Gasteiger partial charge in [-0.25, -0.2) is 0 Å². The number of ketones is 1. The second-order valence-corrected chi connectivity index (χ2v) is 9.12. The van der Waals surface area contributed by atoms with Gasteiger partial charge in [-0.3, -0.25) is 14.0 Å². The molecule has 2 aromatic carbocycles. The van der Waals surface area contributed by atoms with Crippen molar-refractivity contribution in [2.45, 2.75) is 29.6 Å². The van der Waals surface area contributed by atoms with Crippen LogP contribution in [0.5, 0.6) is 11.5 Å². The Balaban J connectivity index is 1.36. The number of fused-ring (bicyclic) bond motifs is 1. The molecule has 1 aliphatic carbocycles. The number of aromatic nitrogens is 1. The minimum absolute atomic E-state index is 0.183. The quantitative estimate of drug-likeness (QED) is 0.603. The van der Waals surface area contributed by atoms with Crippen LogP contribution < -0.4 is 9.47 Å². The molecule has 0 amide bonds. The van der Waals surface area contributed by atoms with Crippen LogP contribution in [-0.4, -0.2) is 28.0 Å². The minimum atomic E-state index is -1.01. The Morgan fingerprint density at radius 2 is 1.80 bits per heavy atom. The van der Waals surface area contributed by atoms with Gasteiger partial charge < -0.3 is 9.47 Å². The summed E-state index contributed by atoms with van der Waals surface area (Å²) in [7, 11) is -1.01. The van der Waals surface area contributed by atoms with Gasteiger partial charge in [-0.1, -0.05) is 24.3 Å². The lowest BCUT2D eigenvalue weighted by molar-refractivity contribution is -0.120. The van der Waals surface area contributed by atoms with Crippen LogP contribution in [0.25, 0.3) is 11.3 Å². The molecule has 6 heteroatoms. The lowest BCUT2D eigenvalue weighted by atomic mass is 9.88. The Labute approximate surface area is 177 Å². The fraction of sp³-hybridized carbons (Fsp3) is 0.250. The standard InChI is InChI=1S/C24H21NO4S/c1-30(27)19-8-5-16(6-9-19)20-4-2-3-18(25-20)14-23(26)24(11-12-24)17-7-10-21-22(13-17)29-15-28-21/h2-10,13H,11-12,14-15H2,1H3. The largest absolute Gasteiger partial charge is 0.454 e. The summed E-state index contributed by atoms with van der Waals surface area (Å²) in [6, 6.07) is 19.1. The zero-order valence-corrected chi connectivity index (χ0v) is 17.4. The van der Waals surface area contributed by atoms with E-state index < -0.39 is 16.2 Å². The summed E-state index contributed by atoms with van der Waals surface area (Å²) in [6.45, 7) is 0.228. The van der Waals surface area contributed by atoms with Crippen LogP contribution in [0.4, 0.5) is 0 Å². The van der Waals surface area contributed by atoms with Gasteiger partial charge in [0.1, 0.15) is 5.78 Å². The lowest BCUT2D eigenvalue weighted by Gasteiger charge is -2.15. The number of rotatable bonds is 6. The first-order valence-corrected chi connectivity index (χ1v) is 11.4. The van der Waals surface area contributed by atoms with Gasteiger partial charge in [0.25, 0.3) is 0 Å². The van der Waals surface area contributed by atoms with Gasteiger partial charge in [-0.05, 0) is 54.8 Å². The van der Waals surface area contributed by atoms with Crippen LogP contribution in [0.2, 0.25) is 0 Å². The average molecular weight is 420 g/mol. The highest BCUT2D eigenvalue weighted by atomic mass is 32.2. The first-order valence-electron chi connectivity index (χ1n) is 9.88. The molecule has 1 fully saturated rings. The summed E-state index contributed by atoms with van der Waals surface area (Å²) in [4.78, 5) is 18.7. The number of carbonyl (C=O) groups is 1. The maximum atomic E-state index is 13.2. The van der Waals surface area contributed by atoms with E-state index >= 15 is 0 Å². The number of benzene rings is 2. The van der Waals surface area contributed by atoms with Crippen molar-refractivity contribution in [2.24, 2.45) is 0 Å². The number of Topliss-reactive ketones (excluding diaryl/α,β-unsaturated/α-hetero) is 1. The third-order valence-electron chi connectivity index (χ3n) is 5.84. The van der Waals surface area contributed by atoms with Gasteiger partial charge in [-0.2, -0.15) is 0 Å². The van der Waals surface area contributed by atoms with Gasteiger partial charge in [0.05, 0.1) is 11.1 Å². The maximum Gasteiger partial charge on any atom is 0.231 e. The molecule has 2 aliphatic rings. The summed E-state index contributed by atoms with van der Waals surface area (Å²) >= 11 is 0. The van der Waals surface area contributed by atoms with E-state index in [4.69, 9.17) is 14.5 Å². The number of carbonyl (C=O) groups excluding carboxylic acids is 1. The number of hydrogen-bond acceptors (Lipinski definition) is 5. The van der Waals surface area contributed by atoms with Gasteiger partial charge in [-0.15, -0.1) is 0 Å². The summed E-state index contributed by atoms with van der Waals surface area (Å²) < 4.78 is 22.5. The SMILES string of the molecule is CS(=O)c1ccc(-c2cccc(CC(=O)C3(c4ccc5c(c4)OCO5)CC3)n2)cc1. The summed E-state index contributed by atoms with van der Waals surface area (Å²) in [5, 5.41) is 0. The molecule has 5 rings (SSSR count). The fourth-order valence-corrected chi connectivity index (χ4v) is 4.46. The Morgan fingerprint density at radius 1 is 1.03 bits per heavy atom. The minimum Gasteiger partial charge on any atom is -0.454 e. The number of pyridine rings is 1. The van der Waals surface area contributed by atoms with Gasteiger partial charge in [0.15, 0.2) is 11.5 Å². The first-order chi connectivity index (χ1) is 14.5. The monoisotopic (exact) mass is 419 g/mol. The molecule has 2 heterocycles. The number of ether oxygens (including phenoxy) is 2. The van der Waals surface area contributed by atoms with E-state index in [9.17, 15) is 9.00 Å². The Hall–Kier alpha value is -2.99. The zero-order chi connectivity index (χ0) is 20.7. The van der Waals surface area contributed by atoms with Crippen LogP contribution in [0.15, 0.2) is 65.6 Å². The summed E-state index contributed by atoms with van der Waals surface area (Å²) in [5.41, 5.74) is 3.06. The van der Waals surface area contributed by atoms with Crippen molar-refractivity contribution in [3.05, 3.63) is 71.9 Å². The Kier molecular flexibility index (Phi) is 4.66. The van der Waals surface area contributed by atoms with Crippen molar-refractivity contribution in [3.8, 4) is 22.8 Å². The fourth-order valence-electron chi connectivity index (χ4n) is 3.94. The van der Waals surface area contributed by atoms with E-state index in [0.717, 1.165) is 46.0 Å². The van der Waals surface area contributed by atoms with Crippen molar-refractivity contribution < 1.29 is 18.5 Å². The second kappa shape index (κ2) is 7.36. The van der Waals surface area contributed by atoms with Crippen molar-refractivity contribution in [2.75, 3.05) is 13.0 Å². The normalized spacial score (nSPS) is 16.8. The molecule has 30 heavy (non-hydrogen) atoms. The zero-order valence-electron chi connectivity index (χ0n) is 16.6. The molecule has 0 radical (unpaired) electrons. The molecule has 1 aliphatic heterocycles. The molecule has 1 saturated carbocycles. The molecule has 5 nitrogen and oxygen atoms in total. The van der Waals surface area contributed by atoms with Crippen LogP contribution >= 0.6 is 0 Å². The number of nitrogens with zero attached hydrogens (tertiary/aromatic N) is 1. The predicted molar refractivity (Wildman–Crippen MR) is 114 cm³/mol. The molecule has 1 aromatic heterocycles. The van der Waals surface area contributed by atoms with Gasteiger partial charge >= 0.3 is 0 Å². The summed E-state index contributed by atoms with van der Waals surface area (Å²) in [5.74, 6) is 1.63. The van der Waals surface area contributed by atoms with Gasteiger partial charge in [0, 0.05) is 39.6 Å². The van der Waals surface area contributed by atoms with Gasteiger partial charge in [0.2, 0.25) is 6.79 Å². The molecule has 0 N–H and O–H groups in total. The van der Waals surface area contributed by atoms with Crippen LogP contribution in [0.3, 0.4) is 0 Å². The van der Waals surface area contributed by atoms with Crippen molar-refractivity contribution in [1.29, 1.82) is 0 Å². The molecule has 1 atom stereocenters. The highest BCUT2D eigenvalue weighted by molar-refractivity contribution is 7.84. The average Bonchev–Trinajstić information content (AvgIpc) is 3.45. The van der Waals surface area contributed by atoms with E-state index in [1.165, 1.54) is 0 Å². The van der Waals surface area contributed by atoms with E-state index in [0.29, 0.717) is 12.2 Å². The van der Waals surface area contributed by atoms with Crippen molar-refractivity contribution in [3.63, 3.8) is 0 Å². The topological polar surface area (TPSA) is 65.5 Å². The van der Waals surface area contributed by atoms with Crippen LogP contribution in [-0.2, 0) is 27.4 Å². The van der Waals surface area contributed by atoms with Crippen molar-refractivity contribution in [1.82, 2.24) is 4.98 Å². The molecule has 152 valence electrons. The third-order valence-corrected chi connectivity index (χ3v) is 6.78. The Bertz CT molecular complexity index is 1150. The van der Waals surface area contributed by atoms with Crippen LogP contribution in [0.1, 0.15) is 24.1 Å². The maximum absolute atomic E-state index is 13.2. The predicted octanol–water partition coefficient (Wildman–Crippen LogP) is 4.06. The third kappa shape index (κ3) is 3.41. The second-order valence-electron chi connectivity index (χ2n) is 7.74. The van der Waals surface area contributed by atoms with Crippen molar-refractivity contribution >= 4 is 16.6 Å². The van der Waals surface area contributed by atoms with E-state index in [1.54, 1.807) is 6.26 Å². The molecule has 0 bridgehead atoms. The summed E-state index contributed by atoms with van der Waals surface area (Å²) in [6.07, 6.45) is 3.65. The lowest BCUT2D eigenvalue weighted by Crippen LogP contribution is -2.23. The molecule has 0 spiro atoms. The molecule has 1 unspecified atom stereocenters. The molecular weight excluding hydrogens is 398 g/mol.